The molecule has 2 aliphatic heterocycles. The van der Waals surface area contributed by atoms with Gasteiger partial charge in [0.2, 0.25) is 5.78 Å². The predicted octanol–water partition coefficient (Wildman–Crippen LogP) is 6.75. The Kier molecular flexibility index (Phi) is 9.01. The smallest absolute Gasteiger partial charge is 0.329 e. The van der Waals surface area contributed by atoms with Crippen LogP contribution in [0.4, 0.5) is 29.5 Å². The first kappa shape index (κ1) is 35.4. The van der Waals surface area contributed by atoms with E-state index in [-0.39, 0.29) is 40.8 Å². The van der Waals surface area contributed by atoms with E-state index in [0.717, 1.165) is 10.5 Å². The highest BCUT2D eigenvalue weighted by atomic mass is 19.3. The van der Waals surface area contributed by atoms with Crippen LogP contribution in [-0.4, -0.2) is 69.0 Å². The largest absolute Gasteiger partial charge is 0.485 e. The van der Waals surface area contributed by atoms with E-state index in [0.29, 0.717) is 47.4 Å². The number of carbonyl (C=O) groups is 3. The molecule has 55 heavy (non-hydrogen) atoms. The summed E-state index contributed by atoms with van der Waals surface area (Å²) in [4.78, 5) is 47.4. The SMILES string of the molecule is Cc1cc(Oc2ccccc2F)ccc1-n1ncc(C(=O)c2cc3cc(OCC(F)F)c(N4C(=O)NC5(CCN(Cc6ccccc6)C5)C4=O)cc3[nH]2)c1N. The molecule has 2 saturated heterocycles. The fraction of sp³-hybridized carbons (Fsp3) is 0.200. The molecule has 3 amide bonds. The third kappa shape index (κ3) is 6.63. The summed E-state index contributed by atoms with van der Waals surface area (Å²) in [5, 5.41) is 7.61. The second kappa shape index (κ2) is 14.0. The van der Waals surface area contributed by atoms with Crippen LogP contribution in [0.1, 0.15) is 33.6 Å². The molecule has 2 aliphatic rings. The number of nitrogens with zero attached hydrogens (tertiary/aromatic N) is 4. The fourth-order valence-electron chi connectivity index (χ4n) is 7.15. The number of H-pyrrole nitrogens is 1. The number of fused-ring (bicyclic) bond motifs is 1. The Bertz CT molecular complexity index is 2470. The van der Waals surface area contributed by atoms with Crippen molar-refractivity contribution in [2.24, 2.45) is 0 Å². The molecule has 0 aliphatic carbocycles. The first-order chi connectivity index (χ1) is 26.5. The van der Waals surface area contributed by atoms with Gasteiger partial charge in [0.05, 0.1) is 28.8 Å². The summed E-state index contributed by atoms with van der Waals surface area (Å²) < 4.78 is 53.4. The topological polar surface area (TPSA) is 148 Å². The van der Waals surface area contributed by atoms with Gasteiger partial charge in [-0.1, -0.05) is 42.5 Å². The summed E-state index contributed by atoms with van der Waals surface area (Å²) in [5.41, 5.74) is 8.01. The third-order valence-corrected chi connectivity index (χ3v) is 9.82. The number of nitrogens with one attached hydrogen (secondary N) is 2. The number of amides is 3. The van der Waals surface area contributed by atoms with Crippen molar-refractivity contribution in [3.8, 4) is 22.9 Å². The van der Waals surface area contributed by atoms with Crippen molar-refractivity contribution in [3.63, 3.8) is 0 Å². The van der Waals surface area contributed by atoms with Gasteiger partial charge in [-0.25, -0.2) is 27.5 Å². The average molecular weight is 750 g/mol. The number of aryl methyl sites for hydroxylation is 1. The number of urea groups is 1. The van der Waals surface area contributed by atoms with Crippen molar-refractivity contribution >= 4 is 40.1 Å². The molecule has 4 aromatic carbocycles. The van der Waals surface area contributed by atoms with Gasteiger partial charge in [0, 0.05) is 30.5 Å². The van der Waals surface area contributed by atoms with Crippen molar-refractivity contribution in [2.75, 3.05) is 30.3 Å². The molecule has 0 radical (unpaired) electrons. The van der Waals surface area contributed by atoms with Crippen LogP contribution in [-0.2, 0) is 11.3 Å². The molecule has 12 nitrogen and oxygen atoms in total. The van der Waals surface area contributed by atoms with Crippen LogP contribution in [0.3, 0.4) is 0 Å². The lowest BCUT2D eigenvalue weighted by Crippen LogP contribution is -2.49. The Morgan fingerprint density at radius 2 is 1.76 bits per heavy atom. The van der Waals surface area contributed by atoms with E-state index < -0.39 is 42.1 Å². The van der Waals surface area contributed by atoms with Crippen LogP contribution in [0, 0.1) is 12.7 Å². The predicted molar refractivity (Wildman–Crippen MR) is 198 cm³/mol. The van der Waals surface area contributed by atoms with Crippen molar-refractivity contribution in [2.45, 2.75) is 31.9 Å². The van der Waals surface area contributed by atoms with E-state index in [9.17, 15) is 27.6 Å². The lowest BCUT2D eigenvalue weighted by molar-refractivity contribution is -0.121. The second-order valence-corrected chi connectivity index (χ2v) is 13.6. The molecular weight excluding hydrogens is 715 g/mol. The second-order valence-electron chi connectivity index (χ2n) is 13.6. The molecule has 1 unspecified atom stereocenters. The number of anilines is 2. The van der Waals surface area contributed by atoms with Crippen LogP contribution in [0.2, 0.25) is 0 Å². The number of aromatic amines is 1. The maximum atomic E-state index is 14.1. The lowest BCUT2D eigenvalue weighted by Gasteiger charge is -2.23. The number of rotatable bonds is 11. The van der Waals surface area contributed by atoms with E-state index in [1.165, 1.54) is 41.2 Å². The summed E-state index contributed by atoms with van der Waals surface area (Å²) in [5.74, 6) is -1.19. The number of hydrogen-bond donors (Lipinski definition) is 3. The normalized spacial score (nSPS) is 17.1. The van der Waals surface area contributed by atoms with E-state index in [1.807, 2.05) is 30.3 Å². The Morgan fingerprint density at radius 1 is 0.982 bits per heavy atom. The summed E-state index contributed by atoms with van der Waals surface area (Å²) >= 11 is 0. The van der Waals surface area contributed by atoms with Crippen LogP contribution in [0.5, 0.6) is 17.2 Å². The number of likely N-dealkylation sites (tertiary alicyclic amines) is 1. The van der Waals surface area contributed by atoms with E-state index in [4.69, 9.17) is 15.2 Å². The van der Waals surface area contributed by atoms with Crippen LogP contribution < -0.4 is 25.4 Å². The number of imide groups is 1. The van der Waals surface area contributed by atoms with Gasteiger partial charge in [-0.2, -0.15) is 5.10 Å². The highest BCUT2D eigenvalue weighted by Gasteiger charge is 2.55. The van der Waals surface area contributed by atoms with Gasteiger partial charge in [-0.05, 0) is 73.0 Å². The molecule has 0 bridgehead atoms. The van der Waals surface area contributed by atoms with Crippen molar-refractivity contribution in [1.29, 1.82) is 0 Å². The van der Waals surface area contributed by atoms with Crippen LogP contribution >= 0.6 is 0 Å². The van der Waals surface area contributed by atoms with Crippen LogP contribution in [0.15, 0.2) is 97.2 Å². The number of benzene rings is 4. The van der Waals surface area contributed by atoms with E-state index in [2.05, 4.69) is 20.3 Å². The summed E-state index contributed by atoms with van der Waals surface area (Å²) in [6.07, 6.45) is -1.15. The molecular formula is C40H34F3N7O5. The van der Waals surface area contributed by atoms with Gasteiger partial charge in [0.25, 0.3) is 12.3 Å². The number of carbonyl (C=O) groups excluding carboxylic acids is 3. The minimum absolute atomic E-state index is 0.0404. The van der Waals surface area contributed by atoms with Gasteiger partial charge < -0.3 is 25.5 Å². The summed E-state index contributed by atoms with van der Waals surface area (Å²) in [7, 11) is 0. The standard InChI is InChI=1S/C40H34F3N7O5/c1-23-15-26(55-33-10-6-5-9-28(33)41)11-12-31(23)50-37(44)27(19-45-50)36(51)30-16-25-17-34(54-21-35(42)43)32(18-29(25)46-30)49-38(52)40(47-39(49)53)13-14-48(22-40)20-24-7-3-2-4-8-24/h2-12,15-19,35,46H,13-14,20-22,44H2,1H3,(H,47,53). The number of aromatic nitrogens is 3. The van der Waals surface area contributed by atoms with Crippen molar-refractivity contribution in [1.82, 2.24) is 25.0 Å². The number of nitrogens with two attached hydrogens (primary N) is 1. The zero-order valence-electron chi connectivity index (χ0n) is 29.4. The molecule has 2 aromatic heterocycles. The molecule has 280 valence electrons. The van der Waals surface area contributed by atoms with Gasteiger partial charge >= 0.3 is 6.03 Å². The Hall–Kier alpha value is -6.61. The quantitative estimate of drug-likeness (QED) is 0.0974. The van der Waals surface area contributed by atoms with Crippen molar-refractivity contribution < 1.29 is 37.0 Å². The Morgan fingerprint density at radius 3 is 2.53 bits per heavy atom. The first-order valence-electron chi connectivity index (χ1n) is 17.4. The molecule has 4 heterocycles. The molecule has 6 aromatic rings. The van der Waals surface area contributed by atoms with Gasteiger partial charge in [-0.15, -0.1) is 0 Å². The zero-order chi connectivity index (χ0) is 38.4. The molecule has 15 heteroatoms. The molecule has 4 N–H and O–H groups in total. The number of ketones is 1. The highest BCUT2D eigenvalue weighted by molar-refractivity contribution is 6.25. The Labute approximate surface area is 312 Å². The molecule has 0 saturated carbocycles. The summed E-state index contributed by atoms with van der Waals surface area (Å²) in [6.45, 7) is 2.20. The number of alkyl halides is 2. The zero-order valence-corrected chi connectivity index (χ0v) is 29.4. The number of halogens is 3. The number of hydrogen-bond acceptors (Lipinski definition) is 8. The molecule has 1 atom stereocenters. The highest BCUT2D eigenvalue weighted by Crippen LogP contribution is 2.40. The monoisotopic (exact) mass is 749 g/mol. The molecule has 8 rings (SSSR count). The van der Waals surface area contributed by atoms with Crippen molar-refractivity contribution in [3.05, 3.63) is 125 Å². The Balaban J connectivity index is 1.06. The minimum atomic E-state index is -2.83. The molecule has 1 spiro atoms. The lowest BCUT2D eigenvalue weighted by atomic mass is 9.98. The molecule has 2 fully saturated rings. The summed E-state index contributed by atoms with van der Waals surface area (Å²) in [6, 6.07) is 24.4. The minimum Gasteiger partial charge on any atom is -0.485 e. The van der Waals surface area contributed by atoms with Gasteiger partial charge in [0.1, 0.15) is 29.5 Å². The number of para-hydroxylation sites is 1. The third-order valence-electron chi connectivity index (χ3n) is 9.82. The maximum absolute atomic E-state index is 14.1. The first-order valence-corrected chi connectivity index (χ1v) is 17.4. The van der Waals surface area contributed by atoms with Crippen LogP contribution in [0.25, 0.3) is 16.6 Å². The number of nitrogen functional groups attached to an aromatic ring is 1. The van der Waals surface area contributed by atoms with E-state index in [1.54, 1.807) is 37.3 Å². The average Bonchev–Trinajstić information content (AvgIpc) is 3.93. The number of ether oxygens (including phenoxy) is 2. The van der Waals surface area contributed by atoms with Gasteiger partial charge in [-0.3, -0.25) is 14.5 Å². The van der Waals surface area contributed by atoms with E-state index >= 15 is 0 Å². The fourth-order valence-corrected chi connectivity index (χ4v) is 7.15. The van der Waals surface area contributed by atoms with Gasteiger partial charge in [0.15, 0.2) is 11.6 Å². The maximum Gasteiger partial charge on any atom is 0.329 e.